The Labute approximate surface area is 155 Å². The van der Waals surface area contributed by atoms with Gasteiger partial charge in [-0.1, -0.05) is 42.5 Å². The van der Waals surface area contributed by atoms with Crippen LogP contribution in [-0.2, 0) is 11.3 Å². The fourth-order valence-electron chi connectivity index (χ4n) is 3.46. The predicted molar refractivity (Wildman–Crippen MR) is 103 cm³/mol. The van der Waals surface area contributed by atoms with Crippen LogP contribution in [0.4, 0.5) is 0 Å². The Hall–Kier alpha value is -2.08. The number of benzene rings is 2. The lowest BCUT2D eigenvalue weighted by atomic mass is 10.0. The monoisotopic (exact) mass is 356 g/mol. The van der Waals surface area contributed by atoms with Crippen LogP contribution < -0.4 is 14.8 Å². The summed E-state index contributed by atoms with van der Waals surface area (Å²) in [5.74, 6) is 1.56. The number of morpholine rings is 1. The van der Waals surface area contributed by atoms with Crippen LogP contribution >= 0.6 is 0 Å². The molecule has 0 bridgehead atoms. The van der Waals surface area contributed by atoms with Gasteiger partial charge in [0.15, 0.2) is 11.5 Å². The fraction of sp³-hybridized carbons (Fsp3) is 0.429. The first-order chi connectivity index (χ1) is 12.8. The summed E-state index contributed by atoms with van der Waals surface area (Å²) in [6.07, 6.45) is 0. The second kappa shape index (κ2) is 9.57. The molecule has 2 aromatic carbocycles. The third-order valence-electron chi connectivity index (χ3n) is 4.81. The highest BCUT2D eigenvalue weighted by Crippen LogP contribution is 2.30. The van der Waals surface area contributed by atoms with Crippen molar-refractivity contribution in [3.63, 3.8) is 0 Å². The van der Waals surface area contributed by atoms with E-state index in [1.165, 1.54) is 5.56 Å². The van der Waals surface area contributed by atoms with Gasteiger partial charge in [-0.3, -0.25) is 4.90 Å². The zero-order valence-corrected chi connectivity index (χ0v) is 15.6. The number of para-hydroxylation sites is 1. The van der Waals surface area contributed by atoms with Gasteiger partial charge >= 0.3 is 0 Å². The summed E-state index contributed by atoms with van der Waals surface area (Å²) in [6.45, 7) is 5.12. The molecule has 26 heavy (non-hydrogen) atoms. The lowest BCUT2D eigenvalue weighted by molar-refractivity contribution is 0.0161. The molecule has 3 rings (SSSR count). The van der Waals surface area contributed by atoms with Gasteiger partial charge in [-0.2, -0.15) is 0 Å². The van der Waals surface area contributed by atoms with E-state index in [4.69, 9.17) is 14.2 Å². The van der Waals surface area contributed by atoms with Crippen LogP contribution in [-0.4, -0.2) is 52.0 Å². The minimum atomic E-state index is 0.330. The molecular weight excluding hydrogens is 328 g/mol. The van der Waals surface area contributed by atoms with Crippen molar-refractivity contribution < 1.29 is 14.2 Å². The van der Waals surface area contributed by atoms with Crippen LogP contribution in [0.3, 0.4) is 0 Å². The molecule has 0 spiro atoms. The van der Waals surface area contributed by atoms with Crippen molar-refractivity contribution in [2.45, 2.75) is 12.6 Å². The highest BCUT2D eigenvalue weighted by Gasteiger charge is 2.22. The minimum Gasteiger partial charge on any atom is -0.493 e. The van der Waals surface area contributed by atoms with Gasteiger partial charge in [0, 0.05) is 37.8 Å². The topological polar surface area (TPSA) is 43.0 Å². The number of methoxy groups -OCH3 is 2. The molecule has 140 valence electrons. The van der Waals surface area contributed by atoms with E-state index in [1.54, 1.807) is 14.2 Å². The fourth-order valence-corrected chi connectivity index (χ4v) is 3.46. The Morgan fingerprint density at radius 1 is 1.00 bits per heavy atom. The Morgan fingerprint density at radius 2 is 1.77 bits per heavy atom. The molecular formula is C21H28N2O3. The Morgan fingerprint density at radius 3 is 2.46 bits per heavy atom. The van der Waals surface area contributed by atoms with E-state index in [1.807, 2.05) is 12.1 Å². The average molecular weight is 356 g/mol. The summed E-state index contributed by atoms with van der Waals surface area (Å²) in [7, 11) is 3.35. The van der Waals surface area contributed by atoms with Crippen molar-refractivity contribution in [3.05, 3.63) is 59.7 Å². The van der Waals surface area contributed by atoms with Crippen molar-refractivity contribution in [3.8, 4) is 11.5 Å². The molecule has 5 nitrogen and oxygen atoms in total. The number of nitrogens with zero attached hydrogens (tertiary/aromatic N) is 1. The molecule has 1 unspecified atom stereocenters. The number of nitrogens with one attached hydrogen (secondary N) is 1. The van der Waals surface area contributed by atoms with Crippen LogP contribution in [0.1, 0.15) is 17.2 Å². The zero-order chi connectivity index (χ0) is 18.2. The molecule has 2 aromatic rings. The first-order valence-electron chi connectivity index (χ1n) is 9.11. The molecule has 1 N–H and O–H groups in total. The van der Waals surface area contributed by atoms with Gasteiger partial charge in [-0.05, 0) is 11.6 Å². The third-order valence-corrected chi connectivity index (χ3v) is 4.81. The van der Waals surface area contributed by atoms with Crippen LogP contribution in [0.15, 0.2) is 48.5 Å². The highest BCUT2D eigenvalue weighted by atomic mass is 16.5. The highest BCUT2D eigenvalue weighted by molar-refractivity contribution is 5.46. The van der Waals surface area contributed by atoms with Crippen LogP contribution in [0.5, 0.6) is 11.5 Å². The van der Waals surface area contributed by atoms with Crippen LogP contribution in [0, 0.1) is 0 Å². The van der Waals surface area contributed by atoms with Gasteiger partial charge in [0.05, 0.1) is 27.4 Å². The lowest BCUT2D eigenvalue weighted by Crippen LogP contribution is -2.42. The van der Waals surface area contributed by atoms with Crippen LogP contribution in [0.2, 0.25) is 0 Å². The van der Waals surface area contributed by atoms with E-state index in [0.717, 1.165) is 56.5 Å². The molecule has 1 heterocycles. The predicted octanol–water partition coefficient (Wildman–Crippen LogP) is 2.87. The number of hydrogen-bond donors (Lipinski definition) is 1. The average Bonchev–Trinajstić information content (AvgIpc) is 2.72. The van der Waals surface area contributed by atoms with Gasteiger partial charge in [0.1, 0.15) is 0 Å². The number of ether oxygens (including phenoxy) is 3. The molecule has 1 aliphatic rings. The SMILES string of the molecule is COc1cccc(CNCC(c2ccccc2)N2CCOCC2)c1OC. The molecule has 1 aliphatic heterocycles. The summed E-state index contributed by atoms with van der Waals surface area (Å²) < 4.78 is 16.5. The minimum absolute atomic E-state index is 0.330. The number of hydrogen-bond acceptors (Lipinski definition) is 5. The van der Waals surface area contributed by atoms with Crippen molar-refractivity contribution in [1.82, 2.24) is 10.2 Å². The van der Waals surface area contributed by atoms with Gasteiger partial charge in [-0.15, -0.1) is 0 Å². The maximum Gasteiger partial charge on any atom is 0.165 e. The molecule has 1 atom stereocenters. The summed E-state index contributed by atoms with van der Waals surface area (Å²) in [5.41, 5.74) is 2.43. The number of rotatable bonds is 8. The Bertz CT molecular complexity index is 672. The summed E-state index contributed by atoms with van der Waals surface area (Å²) in [6, 6.07) is 17.0. The van der Waals surface area contributed by atoms with Crippen LogP contribution in [0.25, 0.3) is 0 Å². The third kappa shape index (κ3) is 4.55. The molecule has 1 saturated heterocycles. The quantitative estimate of drug-likeness (QED) is 0.788. The van der Waals surface area contributed by atoms with E-state index in [2.05, 4.69) is 46.6 Å². The second-order valence-corrected chi connectivity index (χ2v) is 6.36. The molecule has 1 fully saturated rings. The maximum absolute atomic E-state index is 5.53. The van der Waals surface area contributed by atoms with E-state index in [-0.39, 0.29) is 0 Å². The lowest BCUT2D eigenvalue weighted by Gasteiger charge is -2.35. The van der Waals surface area contributed by atoms with E-state index in [9.17, 15) is 0 Å². The molecule has 0 saturated carbocycles. The largest absolute Gasteiger partial charge is 0.493 e. The molecule has 0 aromatic heterocycles. The first-order valence-corrected chi connectivity index (χ1v) is 9.11. The van der Waals surface area contributed by atoms with Gasteiger partial charge in [0.25, 0.3) is 0 Å². The Balaban J connectivity index is 1.68. The van der Waals surface area contributed by atoms with E-state index < -0.39 is 0 Å². The second-order valence-electron chi connectivity index (χ2n) is 6.36. The smallest absolute Gasteiger partial charge is 0.165 e. The maximum atomic E-state index is 5.53. The summed E-state index contributed by atoms with van der Waals surface area (Å²) in [5, 5.41) is 3.61. The molecule has 0 radical (unpaired) electrons. The van der Waals surface area contributed by atoms with Crippen molar-refractivity contribution in [2.75, 3.05) is 47.1 Å². The molecule has 0 aliphatic carbocycles. The molecule has 0 amide bonds. The van der Waals surface area contributed by atoms with E-state index >= 15 is 0 Å². The van der Waals surface area contributed by atoms with Gasteiger partial charge in [0.2, 0.25) is 0 Å². The normalized spacial score (nSPS) is 16.2. The first kappa shape index (κ1) is 18.7. The Kier molecular flexibility index (Phi) is 6.89. The van der Waals surface area contributed by atoms with E-state index in [0.29, 0.717) is 6.04 Å². The van der Waals surface area contributed by atoms with Gasteiger partial charge in [-0.25, -0.2) is 0 Å². The van der Waals surface area contributed by atoms with Crippen molar-refractivity contribution in [2.24, 2.45) is 0 Å². The van der Waals surface area contributed by atoms with Crippen molar-refractivity contribution in [1.29, 1.82) is 0 Å². The van der Waals surface area contributed by atoms with Crippen molar-refractivity contribution >= 4 is 0 Å². The molecule has 5 heteroatoms. The summed E-state index contributed by atoms with van der Waals surface area (Å²) >= 11 is 0. The summed E-state index contributed by atoms with van der Waals surface area (Å²) in [4.78, 5) is 2.49. The standard InChI is InChI=1S/C21H28N2O3/c1-24-20-10-6-9-18(21(20)25-2)15-22-16-19(17-7-4-3-5-8-17)23-11-13-26-14-12-23/h3-10,19,22H,11-16H2,1-2H3. The zero-order valence-electron chi connectivity index (χ0n) is 15.6. The van der Waals surface area contributed by atoms with Gasteiger partial charge < -0.3 is 19.5 Å².